The van der Waals surface area contributed by atoms with Crippen molar-refractivity contribution in [3.8, 4) is 0 Å². The van der Waals surface area contributed by atoms with E-state index in [9.17, 15) is 13.6 Å². The zero-order valence-corrected chi connectivity index (χ0v) is 24.1. The maximum atomic E-state index is 13.7. The molecule has 1 unspecified atom stereocenters. The maximum Gasteiger partial charge on any atom is 0.258 e. The van der Waals surface area contributed by atoms with Gasteiger partial charge in [-0.25, -0.2) is 8.78 Å². The van der Waals surface area contributed by atoms with Gasteiger partial charge in [-0.05, 0) is 82.4 Å². The van der Waals surface area contributed by atoms with Crippen molar-refractivity contribution in [2.45, 2.75) is 41.6 Å². The van der Waals surface area contributed by atoms with Gasteiger partial charge in [0, 0.05) is 64.5 Å². The molecule has 3 aromatic carbocycles. The summed E-state index contributed by atoms with van der Waals surface area (Å²) < 4.78 is 32.9. The van der Waals surface area contributed by atoms with E-state index in [1.165, 1.54) is 23.9 Å². The Morgan fingerprint density at radius 3 is 2.56 bits per heavy atom. The smallest absolute Gasteiger partial charge is 0.258 e. The van der Waals surface area contributed by atoms with Crippen LogP contribution in [0.1, 0.15) is 30.1 Å². The Hall–Kier alpha value is -3.67. The van der Waals surface area contributed by atoms with E-state index in [4.69, 9.17) is 4.74 Å². The molecule has 4 N–H and O–H groups in total. The number of hydrogen-bond donors (Lipinski definition) is 4. The van der Waals surface area contributed by atoms with Gasteiger partial charge in [0.1, 0.15) is 11.6 Å². The van der Waals surface area contributed by atoms with Crippen molar-refractivity contribution in [3.05, 3.63) is 71.8 Å². The van der Waals surface area contributed by atoms with Gasteiger partial charge in [-0.3, -0.25) is 9.89 Å². The lowest BCUT2D eigenvalue weighted by molar-refractivity contribution is 0.0904. The van der Waals surface area contributed by atoms with Crippen LogP contribution in [0.5, 0.6) is 0 Å². The quantitative estimate of drug-likeness (QED) is 0.178. The van der Waals surface area contributed by atoms with E-state index in [-0.39, 0.29) is 18.0 Å². The molecule has 41 heavy (non-hydrogen) atoms. The highest BCUT2D eigenvalue weighted by molar-refractivity contribution is 7.99. The first-order chi connectivity index (χ1) is 19.7. The molecule has 11 heteroatoms. The van der Waals surface area contributed by atoms with Gasteiger partial charge in [0.25, 0.3) is 5.91 Å². The number of halogens is 2. The van der Waals surface area contributed by atoms with E-state index in [1.54, 1.807) is 0 Å². The van der Waals surface area contributed by atoms with Crippen LogP contribution in [0.3, 0.4) is 0 Å². The summed E-state index contributed by atoms with van der Waals surface area (Å²) in [5.41, 5.74) is 2.89. The predicted molar refractivity (Wildman–Crippen MR) is 160 cm³/mol. The number of anilines is 3. The van der Waals surface area contributed by atoms with Gasteiger partial charge < -0.3 is 25.6 Å². The zero-order chi connectivity index (χ0) is 28.9. The third-order valence-corrected chi connectivity index (χ3v) is 7.70. The minimum Gasteiger partial charge on any atom is -0.381 e. The molecule has 2 heterocycles. The van der Waals surface area contributed by atoms with Gasteiger partial charge >= 0.3 is 0 Å². The Labute approximate surface area is 242 Å². The number of aromatic amines is 1. The number of fused-ring (bicyclic) bond motifs is 1. The normalized spacial score (nSPS) is 14.8. The standard InChI is InChI=1S/C30H34F2N6O2S/c1-18(17-38(2)3)33-22-4-6-25(28(15-22)34-21-8-10-40-11-9-21)30(39)35-29-26-16-23(5-7-27(26)36-37-29)41-24-13-19(31)12-20(32)14-24/h4-7,12-16,18,21,33-34H,8-11,17H2,1-3H3,(H2,35,36,37,39). The molecule has 0 aliphatic carbocycles. The number of amides is 1. The molecule has 1 aromatic heterocycles. The van der Waals surface area contributed by atoms with E-state index in [2.05, 4.69) is 38.0 Å². The summed E-state index contributed by atoms with van der Waals surface area (Å²) in [6, 6.07) is 15.0. The molecule has 0 spiro atoms. The van der Waals surface area contributed by atoms with Crippen LogP contribution >= 0.6 is 11.8 Å². The molecular weight excluding hydrogens is 546 g/mol. The molecule has 0 radical (unpaired) electrons. The second-order valence-electron chi connectivity index (χ2n) is 10.5. The first kappa shape index (κ1) is 28.8. The van der Waals surface area contributed by atoms with Gasteiger partial charge in [0.15, 0.2) is 5.82 Å². The largest absolute Gasteiger partial charge is 0.381 e. The summed E-state index contributed by atoms with van der Waals surface area (Å²) in [5.74, 6) is -1.20. The number of rotatable bonds is 10. The SMILES string of the molecule is CC(CN(C)C)Nc1ccc(C(=O)Nc2n[nH]c3ccc(Sc4cc(F)cc(F)c4)cc23)c(NC2CCOCC2)c1. The molecule has 216 valence electrons. The Kier molecular flexibility index (Phi) is 9.06. The van der Waals surface area contributed by atoms with Crippen molar-refractivity contribution in [1.29, 1.82) is 0 Å². The first-order valence-electron chi connectivity index (χ1n) is 13.6. The number of ether oxygens (including phenoxy) is 1. The van der Waals surface area contributed by atoms with Crippen LogP contribution in [0.2, 0.25) is 0 Å². The highest BCUT2D eigenvalue weighted by Gasteiger charge is 2.20. The molecule has 0 bridgehead atoms. The first-order valence-corrected chi connectivity index (χ1v) is 14.4. The topological polar surface area (TPSA) is 94.3 Å². The Bertz CT molecular complexity index is 1500. The van der Waals surface area contributed by atoms with E-state index in [0.29, 0.717) is 34.9 Å². The minimum atomic E-state index is -0.636. The van der Waals surface area contributed by atoms with Crippen molar-refractivity contribution < 1.29 is 18.3 Å². The molecule has 1 aliphatic heterocycles. The summed E-state index contributed by atoms with van der Waals surface area (Å²) in [6.07, 6.45) is 1.71. The molecule has 8 nitrogen and oxygen atoms in total. The summed E-state index contributed by atoms with van der Waals surface area (Å²) in [5, 5.41) is 18.0. The summed E-state index contributed by atoms with van der Waals surface area (Å²) in [7, 11) is 4.07. The Morgan fingerprint density at radius 2 is 1.83 bits per heavy atom. The molecule has 1 aliphatic rings. The third kappa shape index (κ3) is 7.55. The van der Waals surface area contributed by atoms with Gasteiger partial charge in [-0.1, -0.05) is 11.8 Å². The number of aromatic nitrogens is 2. The number of carbonyl (C=O) groups is 1. The molecule has 1 fully saturated rings. The van der Waals surface area contributed by atoms with Crippen LogP contribution in [0.25, 0.3) is 10.9 Å². The minimum absolute atomic E-state index is 0.197. The average Bonchev–Trinajstić information content (AvgIpc) is 3.30. The average molecular weight is 581 g/mol. The molecule has 5 rings (SSSR count). The van der Waals surface area contributed by atoms with Crippen molar-refractivity contribution in [3.63, 3.8) is 0 Å². The van der Waals surface area contributed by atoms with Crippen LogP contribution in [0.15, 0.2) is 64.4 Å². The maximum absolute atomic E-state index is 13.7. The second-order valence-corrected chi connectivity index (χ2v) is 11.7. The molecule has 1 amide bonds. The fourth-order valence-electron chi connectivity index (χ4n) is 4.94. The lowest BCUT2D eigenvalue weighted by Crippen LogP contribution is -2.30. The Morgan fingerprint density at radius 1 is 1.07 bits per heavy atom. The molecule has 1 saturated heterocycles. The fourth-order valence-corrected chi connectivity index (χ4v) is 5.87. The van der Waals surface area contributed by atoms with Crippen molar-refractivity contribution in [2.24, 2.45) is 0 Å². The number of likely N-dealkylation sites (N-methyl/N-ethyl adjacent to an activating group) is 1. The Balaban J connectivity index is 1.38. The summed E-state index contributed by atoms with van der Waals surface area (Å²) in [6.45, 7) is 4.34. The van der Waals surface area contributed by atoms with E-state index in [1.807, 2.05) is 50.5 Å². The van der Waals surface area contributed by atoms with Crippen LogP contribution in [-0.4, -0.2) is 66.9 Å². The van der Waals surface area contributed by atoms with Crippen molar-refractivity contribution in [1.82, 2.24) is 15.1 Å². The van der Waals surface area contributed by atoms with Gasteiger partial charge in [0.2, 0.25) is 0 Å². The van der Waals surface area contributed by atoms with E-state index >= 15 is 0 Å². The van der Waals surface area contributed by atoms with E-state index in [0.717, 1.165) is 47.2 Å². The number of carbonyl (C=O) groups excluding carboxylic acids is 1. The summed E-state index contributed by atoms with van der Waals surface area (Å²) in [4.78, 5) is 16.9. The van der Waals surface area contributed by atoms with Crippen molar-refractivity contribution in [2.75, 3.05) is 49.8 Å². The zero-order valence-electron chi connectivity index (χ0n) is 23.3. The number of H-pyrrole nitrogens is 1. The molecular formula is C30H34F2N6O2S. The number of nitrogens with zero attached hydrogens (tertiary/aromatic N) is 2. The van der Waals surface area contributed by atoms with Crippen LogP contribution in [0, 0.1) is 11.6 Å². The highest BCUT2D eigenvalue weighted by atomic mass is 32.2. The lowest BCUT2D eigenvalue weighted by Gasteiger charge is -2.26. The van der Waals surface area contributed by atoms with Crippen molar-refractivity contribution >= 4 is 45.8 Å². The number of hydrogen-bond acceptors (Lipinski definition) is 7. The van der Waals surface area contributed by atoms with Gasteiger partial charge in [-0.15, -0.1) is 0 Å². The highest BCUT2D eigenvalue weighted by Crippen LogP contribution is 2.33. The predicted octanol–water partition coefficient (Wildman–Crippen LogP) is 6.20. The molecule has 1 atom stereocenters. The monoisotopic (exact) mass is 580 g/mol. The van der Waals surface area contributed by atoms with Crippen LogP contribution < -0.4 is 16.0 Å². The van der Waals surface area contributed by atoms with Crippen LogP contribution in [0.4, 0.5) is 26.0 Å². The fraction of sp³-hybridized carbons (Fsp3) is 0.333. The van der Waals surface area contributed by atoms with Gasteiger partial charge in [-0.2, -0.15) is 5.10 Å². The van der Waals surface area contributed by atoms with E-state index < -0.39 is 11.6 Å². The van der Waals surface area contributed by atoms with Crippen LogP contribution in [-0.2, 0) is 4.74 Å². The summed E-state index contributed by atoms with van der Waals surface area (Å²) >= 11 is 1.23. The second kappa shape index (κ2) is 12.9. The number of nitrogens with one attached hydrogen (secondary N) is 4. The third-order valence-electron chi connectivity index (χ3n) is 6.74. The number of benzene rings is 3. The molecule has 4 aromatic rings. The van der Waals surface area contributed by atoms with Gasteiger partial charge in [0.05, 0.1) is 11.1 Å². The molecule has 0 saturated carbocycles. The lowest BCUT2D eigenvalue weighted by atomic mass is 10.1.